The molecule has 2 amide bonds. The summed E-state index contributed by atoms with van der Waals surface area (Å²) < 4.78 is 18.0. The first kappa shape index (κ1) is 30.1. The highest BCUT2D eigenvalue weighted by atomic mass is 127. The Morgan fingerprint density at radius 1 is 1.32 bits per heavy atom. The largest absolute Gasteiger partial charge is 0.493 e. The first-order valence-corrected chi connectivity index (χ1v) is 13.6. The Morgan fingerprint density at radius 2 is 2.08 bits per heavy atom. The maximum atomic E-state index is 13.4. The highest BCUT2D eigenvalue weighted by Crippen LogP contribution is 2.37. The fourth-order valence-corrected chi connectivity index (χ4v) is 5.32. The van der Waals surface area contributed by atoms with E-state index in [9.17, 15) is 24.6 Å². The van der Waals surface area contributed by atoms with Crippen LogP contribution >= 0.6 is 22.6 Å². The topological polar surface area (TPSA) is 135 Å². The molecule has 10 nitrogen and oxygen atoms in total. The fourth-order valence-electron chi connectivity index (χ4n) is 4.56. The summed E-state index contributed by atoms with van der Waals surface area (Å²) in [5, 5.41) is 23.4. The van der Waals surface area contributed by atoms with Gasteiger partial charge in [0, 0.05) is 43.3 Å². The van der Waals surface area contributed by atoms with E-state index >= 15 is 0 Å². The van der Waals surface area contributed by atoms with E-state index in [1.165, 1.54) is 25.3 Å². The third-order valence-electron chi connectivity index (χ3n) is 6.38. The van der Waals surface area contributed by atoms with Crippen LogP contribution in [0.25, 0.3) is 0 Å². The van der Waals surface area contributed by atoms with Crippen molar-refractivity contribution in [2.24, 2.45) is 0 Å². The van der Waals surface area contributed by atoms with E-state index in [4.69, 9.17) is 14.2 Å². The number of halogens is 1. The fraction of sp³-hybridized carbons (Fsp3) is 0.519. The number of aliphatic hydroxyl groups is 2. The molecule has 11 heteroatoms. The molecule has 208 valence electrons. The number of aldehydes is 1. The zero-order valence-corrected chi connectivity index (χ0v) is 24.0. The van der Waals surface area contributed by atoms with Crippen LogP contribution < -0.4 is 14.8 Å². The average Bonchev–Trinajstić information content (AvgIpc) is 3.40. The second-order valence-corrected chi connectivity index (χ2v) is 10.7. The Hall–Kier alpha value is -2.48. The number of ether oxygens (including phenoxy) is 3. The van der Waals surface area contributed by atoms with Crippen LogP contribution in [0.15, 0.2) is 35.4 Å². The third kappa shape index (κ3) is 7.55. The van der Waals surface area contributed by atoms with E-state index in [2.05, 4.69) is 5.32 Å². The van der Waals surface area contributed by atoms with E-state index in [0.29, 0.717) is 39.1 Å². The van der Waals surface area contributed by atoms with E-state index in [1.54, 1.807) is 11.0 Å². The number of aliphatic hydroxyl groups excluding tert-OH is 2. The van der Waals surface area contributed by atoms with Gasteiger partial charge in [-0.2, -0.15) is 0 Å². The zero-order chi connectivity index (χ0) is 27.8. The molecule has 4 unspecified atom stereocenters. The monoisotopic (exact) mass is 642 g/mol. The maximum Gasteiger partial charge on any atom is 0.247 e. The summed E-state index contributed by atoms with van der Waals surface area (Å²) in [7, 11) is 1.44. The lowest BCUT2D eigenvalue weighted by molar-refractivity contribution is -0.135. The summed E-state index contributed by atoms with van der Waals surface area (Å²) in [6, 6.07) is 2.36. The number of amides is 2. The molecule has 38 heavy (non-hydrogen) atoms. The van der Waals surface area contributed by atoms with Crippen LogP contribution in [-0.2, 0) is 14.3 Å². The second-order valence-electron chi connectivity index (χ2n) is 9.52. The van der Waals surface area contributed by atoms with Gasteiger partial charge in [-0.15, -0.1) is 0 Å². The van der Waals surface area contributed by atoms with Crippen molar-refractivity contribution in [1.29, 1.82) is 0 Å². The van der Waals surface area contributed by atoms with Crippen LogP contribution in [0.2, 0.25) is 0 Å². The van der Waals surface area contributed by atoms with E-state index < -0.39 is 24.2 Å². The number of nitrogens with one attached hydrogen (secondary N) is 1. The molecule has 3 rings (SSSR count). The minimum Gasteiger partial charge on any atom is -0.493 e. The highest BCUT2D eigenvalue weighted by molar-refractivity contribution is 14.1. The maximum absolute atomic E-state index is 13.4. The van der Waals surface area contributed by atoms with E-state index in [-0.39, 0.29) is 38.1 Å². The lowest BCUT2D eigenvalue weighted by Gasteiger charge is -2.41. The zero-order valence-electron chi connectivity index (χ0n) is 21.8. The van der Waals surface area contributed by atoms with Crippen molar-refractivity contribution in [3.63, 3.8) is 0 Å². The molecule has 0 radical (unpaired) electrons. The molecular formula is C27H35IN2O8. The Morgan fingerprint density at radius 3 is 2.68 bits per heavy atom. The second kappa shape index (κ2) is 14.1. The van der Waals surface area contributed by atoms with Crippen LogP contribution in [0.3, 0.4) is 0 Å². The average molecular weight is 642 g/mol. The van der Waals surface area contributed by atoms with Crippen molar-refractivity contribution in [1.82, 2.24) is 10.2 Å². The van der Waals surface area contributed by atoms with Crippen LogP contribution in [-0.4, -0.2) is 91.0 Å². The molecule has 1 saturated heterocycles. The van der Waals surface area contributed by atoms with Gasteiger partial charge in [0.25, 0.3) is 0 Å². The number of carbonyl (C=O) groups excluding carboxylic acids is 3. The lowest BCUT2D eigenvalue weighted by atomic mass is 9.87. The first-order chi connectivity index (χ1) is 18.2. The van der Waals surface area contributed by atoms with Gasteiger partial charge >= 0.3 is 0 Å². The molecule has 1 fully saturated rings. The molecule has 1 heterocycles. The predicted molar refractivity (Wildman–Crippen MR) is 148 cm³/mol. The van der Waals surface area contributed by atoms with Crippen molar-refractivity contribution >= 4 is 40.7 Å². The standard InChI is InChI=1S/C27H35IN2O8/c1-16(2)9-24(33)30(14-19-5-4-8-37-19)21-12-18(27(35)29-6-7-31)13-22(25(21)34)38-26-20(28)10-17(15-32)11-23(26)36-3/h9-11,13,15,19,21-22,25,31,34H,4-8,12,14H2,1-3H3,(H,29,35). The number of rotatable bonds is 11. The molecule has 4 atom stereocenters. The normalized spacial score (nSPS) is 22.7. The Bertz CT molecular complexity index is 1080. The number of nitrogens with zero attached hydrogens (tertiary/aromatic N) is 1. The van der Waals surface area contributed by atoms with E-state index in [1.807, 2.05) is 36.4 Å². The molecule has 2 aliphatic rings. The molecule has 1 aromatic rings. The summed E-state index contributed by atoms with van der Waals surface area (Å²) in [6.45, 7) is 4.33. The van der Waals surface area contributed by atoms with Crippen molar-refractivity contribution in [3.8, 4) is 11.5 Å². The summed E-state index contributed by atoms with van der Waals surface area (Å²) in [5.41, 5.74) is 1.52. The first-order valence-electron chi connectivity index (χ1n) is 12.5. The highest BCUT2D eigenvalue weighted by Gasteiger charge is 2.41. The summed E-state index contributed by atoms with van der Waals surface area (Å²) >= 11 is 2.01. The molecule has 0 aromatic heterocycles. The van der Waals surface area contributed by atoms with E-state index in [0.717, 1.165) is 18.4 Å². The number of benzene rings is 1. The number of carbonyl (C=O) groups is 3. The number of methoxy groups -OCH3 is 1. The number of hydrogen-bond donors (Lipinski definition) is 3. The summed E-state index contributed by atoms with van der Waals surface area (Å²) in [6.07, 6.45) is 3.12. The van der Waals surface area contributed by atoms with Crippen molar-refractivity contribution in [2.75, 3.05) is 33.4 Å². The molecule has 3 N–H and O–H groups in total. The minimum absolute atomic E-state index is 0.0596. The molecule has 1 aromatic carbocycles. The van der Waals surface area contributed by atoms with Crippen molar-refractivity contribution in [3.05, 3.63) is 44.6 Å². The lowest BCUT2D eigenvalue weighted by Crippen LogP contribution is -2.56. The molecule has 0 saturated carbocycles. The Balaban J connectivity index is 2.02. The van der Waals surface area contributed by atoms with Gasteiger partial charge in [-0.05, 0) is 67.5 Å². The van der Waals surface area contributed by atoms with Crippen LogP contribution in [0, 0.1) is 3.57 Å². The number of hydrogen-bond acceptors (Lipinski definition) is 8. The molecule has 0 spiro atoms. The number of allylic oxidation sites excluding steroid dienone is 1. The predicted octanol–water partition coefficient (Wildman–Crippen LogP) is 2.00. The Kier molecular flexibility index (Phi) is 11.1. The van der Waals surface area contributed by atoms with Crippen LogP contribution in [0.4, 0.5) is 0 Å². The smallest absolute Gasteiger partial charge is 0.247 e. The van der Waals surface area contributed by atoms with Gasteiger partial charge in [-0.3, -0.25) is 14.4 Å². The van der Waals surface area contributed by atoms with Crippen molar-refractivity contribution in [2.45, 2.75) is 57.5 Å². The Labute approximate surface area is 236 Å². The van der Waals surface area contributed by atoms with Crippen molar-refractivity contribution < 1.29 is 38.8 Å². The molecule has 1 aliphatic carbocycles. The van der Waals surface area contributed by atoms with Gasteiger partial charge in [0.2, 0.25) is 11.8 Å². The molecule has 0 bridgehead atoms. The summed E-state index contributed by atoms with van der Waals surface area (Å²) in [5.74, 6) is -0.113. The van der Waals surface area contributed by atoms with Gasteiger partial charge in [0.1, 0.15) is 18.5 Å². The minimum atomic E-state index is -1.19. The quantitative estimate of drug-likeness (QED) is 0.190. The summed E-state index contributed by atoms with van der Waals surface area (Å²) in [4.78, 5) is 39.2. The van der Waals surface area contributed by atoms with Gasteiger partial charge in [-0.25, -0.2) is 0 Å². The van der Waals surface area contributed by atoms with Gasteiger partial charge in [0.05, 0.1) is 29.4 Å². The SMILES string of the molecule is COc1cc(C=O)cc(I)c1OC1C=C(C(=O)NCCO)CC(N(CC2CCCO2)C(=O)C=C(C)C)C1O. The van der Waals surface area contributed by atoms with Gasteiger partial charge in [0.15, 0.2) is 11.5 Å². The molecular weight excluding hydrogens is 607 g/mol. The molecule has 1 aliphatic heterocycles. The van der Waals surface area contributed by atoms with Crippen LogP contribution in [0.5, 0.6) is 11.5 Å². The van der Waals surface area contributed by atoms with Gasteiger partial charge < -0.3 is 34.6 Å². The van der Waals surface area contributed by atoms with Gasteiger partial charge in [-0.1, -0.05) is 5.57 Å². The van der Waals surface area contributed by atoms with Crippen LogP contribution in [0.1, 0.15) is 43.5 Å². The third-order valence-corrected chi connectivity index (χ3v) is 7.18.